The molecule has 33 heavy (non-hydrogen) atoms. The molecular formula is C24H23ClN2O5S. The molecule has 0 fully saturated rings. The van der Waals surface area contributed by atoms with Gasteiger partial charge in [0.15, 0.2) is 0 Å². The van der Waals surface area contributed by atoms with E-state index in [4.69, 9.17) is 16.3 Å². The van der Waals surface area contributed by atoms with Gasteiger partial charge in [0.25, 0.3) is 5.91 Å². The van der Waals surface area contributed by atoms with E-state index in [1.54, 1.807) is 56.3 Å². The Kier molecular flexibility index (Phi) is 7.86. The van der Waals surface area contributed by atoms with Gasteiger partial charge in [-0.05, 0) is 42.5 Å². The summed E-state index contributed by atoms with van der Waals surface area (Å²) in [5, 5.41) is 2.80. The highest BCUT2D eigenvalue weighted by Gasteiger charge is 2.24. The lowest BCUT2D eigenvalue weighted by atomic mass is 10.2. The molecule has 3 aromatic carbocycles. The number of nitrogens with one attached hydrogen (secondary N) is 1. The maximum atomic E-state index is 12.8. The highest BCUT2D eigenvalue weighted by Crippen LogP contribution is 2.25. The minimum absolute atomic E-state index is 0.0496. The number of carbonyl (C=O) groups excluding carboxylic acids is 2. The molecule has 0 radical (unpaired) electrons. The summed E-state index contributed by atoms with van der Waals surface area (Å²) >= 11 is 6.16. The van der Waals surface area contributed by atoms with Crippen LogP contribution in [-0.2, 0) is 10.0 Å². The minimum atomic E-state index is -3.77. The number of rotatable bonds is 8. The van der Waals surface area contributed by atoms with Crippen LogP contribution in [0.5, 0.6) is 5.75 Å². The van der Waals surface area contributed by atoms with E-state index in [9.17, 15) is 18.0 Å². The second-order valence-electron chi connectivity index (χ2n) is 6.97. The van der Waals surface area contributed by atoms with Crippen molar-refractivity contribution in [2.24, 2.45) is 0 Å². The van der Waals surface area contributed by atoms with Crippen LogP contribution in [0.3, 0.4) is 0 Å². The summed E-state index contributed by atoms with van der Waals surface area (Å²) in [6, 6.07) is 18.9. The monoisotopic (exact) mass is 486 g/mol. The van der Waals surface area contributed by atoms with Crippen molar-refractivity contribution < 1.29 is 22.7 Å². The summed E-state index contributed by atoms with van der Waals surface area (Å²) in [7, 11) is -3.77. The van der Waals surface area contributed by atoms with E-state index in [0.29, 0.717) is 24.3 Å². The predicted octanol–water partition coefficient (Wildman–Crippen LogP) is 4.84. The van der Waals surface area contributed by atoms with E-state index in [1.165, 1.54) is 28.6 Å². The summed E-state index contributed by atoms with van der Waals surface area (Å²) in [5.74, 6) is -0.960. The van der Waals surface area contributed by atoms with Crippen LogP contribution in [0.4, 0.5) is 5.69 Å². The summed E-state index contributed by atoms with van der Waals surface area (Å²) in [4.78, 5) is 25.1. The van der Waals surface area contributed by atoms with Gasteiger partial charge in [-0.3, -0.25) is 4.79 Å². The fourth-order valence-corrected chi connectivity index (χ4v) is 4.81. The quantitative estimate of drug-likeness (QED) is 0.363. The minimum Gasteiger partial charge on any atom is -0.423 e. The summed E-state index contributed by atoms with van der Waals surface area (Å²) in [5.41, 5.74) is 0.833. The van der Waals surface area contributed by atoms with Gasteiger partial charge in [-0.2, -0.15) is 4.31 Å². The highest BCUT2D eigenvalue weighted by molar-refractivity contribution is 7.89. The first-order valence-electron chi connectivity index (χ1n) is 10.2. The zero-order chi connectivity index (χ0) is 24.0. The Hall–Kier alpha value is -3.20. The molecule has 0 unspecified atom stereocenters. The van der Waals surface area contributed by atoms with E-state index in [0.717, 1.165) is 0 Å². The van der Waals surface area contributed by atoms with Crippen LogP contribution in [0.15, 0.2) is 77.7 Å². The maximum absolute atomic E-state index is 12.8. The molecule has 1 amide bonds. The van der Waals surface area contributed by atoms with Crippen LogP contribution in [0.1, 0.15) is 34.6 Å². The molecule has 1 N–H and O–H groups in total. The van der Waals surface area contributed by atoms with Gasteiger partial charge in [0, 0.05) is 30.4 Å². The van der Waals surface area contributed by atoms with E-state index >= 15 is 0 Å². The van der Waals surface area contributed by atoms with Crippen molar-refractivity contribution in [1.29, 1.82) is 0 Å². The lowest BCUT2D eigenvalue weighted by molar-refractivity contribution is 0.0734. The van der Waals surface area contributed by atoms with Gasteiger partial charge in [0.05, 0.1) is 15.5 Å². The smallest absolute Gasteiger partial charge is 0.345 e. The fraction of sp³-hybridized carbons (Fsp3) is 0.167. The van der Waals surface area contributed by atoms with Crippen LogP contribution >= 0.6 is 11.6 Å². The third-order valence-electron chi connectivity index (χ3n) is 4.84. The SMILES string of the molecule is CCN(CC)S(=O)(=O)c1ccc(Cl)c(C(=O)Oc2cccc(NC(=O)c3ccccc3)c2)c1. The molecule has 0 saturated heterocycles. The summed E-state index contributed by atoms with van der Waals surface area (Å²) in [6.07, 6.45) is 0. The number of sulfonamides is 1. The normalized spacial score (nSPS) is 11.3. The fourth-order valence-electron chi connectivity index (χ4n) is 3.13. The van der Waals surface area contributed by atoms with Gasteiger partial charge in [-0.25, -0.2) is 13.2 Å². The van der Waals surface area contributed by atoms with E-state index in [2.05, 4.69) is 5.32 Å². The average Bonchev–Trinajstić information content (AvgIpc) is 2.80. The van der Waals surface area contributed by atoms with Gasteiger partial charge >= 0.3 is 5.97 Å². The third kappa shape index (κ3) is 5.78. The summed E-state index contributed by atoms with van der Waals surface area (Å²) in [6.45, 7) is 4.05. The largest absolute Gasteiger partial charge is 0.423 e. The second-order valence-corrected chi connectivity index (χ2v) is 9.31. The lowest BCUT2D eigenvalue weighted by Gasteiger charge is -2.19. The van der Waals surface area contributed by atoms with Crippen molar-refractivity contribution in [2.75, 3.05) is 18.4 Å². The molecule has 0 aliphatic carbocycles. The molecule has 172 valence electrons. The van der Waals surface area contributed by atoms with Crippen LogP contribution in [0, 0.1) is 0 Å². The Bertz CT molecular complexity index is 1260. The molecule has 0 heterocycles. The number of ether oxygens (including phenoxy) is 1. The molecular weight excluding hydrogens is 464 g/mol. The Morgan fingerprint density at radius 1 is 0.939 bits per heavy atom. The zero-order valence-electron chi connectivity index (χ0n) is 18.1. The predicted molar refractivity (Wildman–Crippen MR) is 127 cm³/mol. The van der Waals surface area contributed by atoms with E-state index in [1.807, 2.05) is 6.07 Å². The van der Waals surface area contributed by atoms with Gasteiger partial charge < -0.3 is 10.1 Å². The number of amides is 1. The Labute approximate surface area is 198 Å². The third-order valence-corrected chi connectivity index (χ3v) is 7.21. The number of anilines is 1. The lowest BCUT2D eigenvalue weighted by Crippen LogP contribution is -2.30. The molecule has 3 rings (SSSR count). The topological polar surface area (TPSA) is 92.8 Å². The number of hydrogen-bond acceptors (Lipinski definition) is 5. The van der Waals surface area contributed by atoms with Gasteiger partial charge in [0.2, 0.25) is 10.0 Å². The molecule has 0 aliphatic heterocycles. The van der Waals surface area contributed by atoms with Crippen molar-refractivity contribution >= 4 is 39.2 Å². The molecule has 0 atom stereocenters. The van der Waals surface area contributed by atoms with Crippen LogP contribution in [-0.4, -0.2) is 37.7 Å². The van der Waals surface area contributed by atoms with Crippen molar-refractivity contribution in [2.45, 2.75) is 18.7 Å². The van der Waals surface area contributed by atoms with Crippen molar-refractivity contribution in [3.05, 3.63) is 88.9 Å². The van der Waals surface area contributed by atoms with Crippen LogP contribution in [0.2, 0.25) is 5.02 Å². The molecule has 7 nitrogen and oxygen atoms in total. The van der Waals surface area contributed by atoms with Crippen LogP contribution < -0.4 is 10.1 Å². The molecule has 0 spiro atoms. The summed E-state index contributed by atoms with van der Waals surface area (Å²) < 4.78 is 32.3. The van der Waals surface area contributed by atoms with Gasteiger partial charge in [-0.1, -0.05) is 49.7 Å². The Morgan fingerprint density at radius 3 is 2.30 bits per heavy atom. The van der Waals surface area contributed by atoms with E-state index in [-0.39, 0.29) is 27.1 Å². The second kappa shape index (κ2) is 10.6. The number of carbonyl (C=O) groups is 2. The van der Waals surface area contributed by atoms with Crippen molar-refractivity contribution in [1.82, 2.24) is 4.31 Å². The number of nitrogens with zero attached hydrogens (tertiary/aromatic N) is 1. The molecule has 0 aromatic heterocycles. The van der Waals surface area contributed by atoms with Crippen molar-refractivity contribution in [3.63, 3.8) is 0 Å². The zero-order valence-corrected chi connectivity index (χ0v) is 19.7. The van der Waals surface area contributed by atoms with Crippen molar-refractivity contribution in [3.8, 4) is 5.75 Å². The maximum Gasteiger partial charge on any atom is 0.345 e. The Morgan fingerprint density at radius 2 is 1.64 bits per heavy atom. The number of halogens is 1. The standard InChI is InChI=1S/C24H23ClN2O5S/c1-3-27(4-2)33(30,31)20-13-14-22(25)21(16-20)24(29)32-19-12-8-11-18(15-19)26-23(28)17-9-6-5-7-10-17/h5-16H,3-4H2,1-2H3,(H,26,28). The average molecular weight is 487 g/mol. The first-order chi connectivity index (χ1) is 15.8. The van der Waals surface area contributed by atoms with Crippen LogP contribution in [0.25, 0.3) is 0 Å². The molecule has 9 heteroatoms. The Balaban J connectivity index is 1.80. The molecule has 3 aromatic rings. The molecule has 0 bridgehead atoms. The first-order valence-corrected chi connectivity index (χ1v) is 12.1. The first kappa shape index (κ1) is 24.4. The van der Waals surface area contributed by atoms with E-state index < -0.39 is 16.0 Å². The highest BCUT2D eigenvalue weighted by atomic mass is 35.5. The molecule has 0 aliphatic rings. The van der Waals surface area contributed by atoms with Gasteiger partial charge in [0.1, 0.15) is 5.75 Å². The number of benzene rings is 3. The molecule has 0 saturated carbocycles. The number of esters is 1. The van der Waals surface area contributed by atoms with Gasteiger partial charge in [-0.15, -0.1) is 0 Å². The number of hydrogen-bond donors (Lipinski definition) is 1.